The zero-order valence-electron chi connectivity index (χ0n) is 19.7. The molecule has 1 aromatic rings. The van der Waals surface area contributed by atoms with Crippen LogP contribution in [0, 0.1) is 16.7 Å². The number of carbonyl (C=O) groups is 2. The van der Waals surface area contributed by atoms with E-state index in [9.17, 15) is 9.59 Å². The highest BCUT2D eigenvalue weighted by Gasteiger charge is 2.31. The second-order valence-corrected chi connectivity index (χ2v) is 9.94. The largest absolute Gasteiger partial charge is 0.349 e. The van der Waals surface area contributed by atoms with Crippen LogP contribution in [0.15, 0.2) is 23.2 Å². The fourth-order valence-electron chi connectivity index (χ4n) is 4.52. The molecule has 0 saturated carbocycles. The Hall–Kier alpha value is -3.41. The number of allylic oxidation sites excluding steroid dienone is 2. The van der Waals surface area contributed by atoms with Crippen LogP contribution in [0.1, 0.15) is 50.4 Å². The molecule has 4 rings (SSSR count). The summed E-state index contributed by atoms with van der Waals surface area (Å²) in [5.41, 5.74) is 3.67. The first-order valence-electron chi connectivity index (χ1n) is 11.4. The Morgan fingerprint density at radius 3 is 2.61 bits per heavy atom. The van der Waals surface area contributed by atoms with Gasteiger partial charge in [0.25, 0.3) is 5.91 Å². The molecule has 0 spiro atoms. The highest BCUT2D eigenvalue weighted by atomic mass is 16.2. The van der Waals surface area contributed by atoms with E-state index in [0.29, 0.717) is 18.8 Å². The number of nitrogens with zero attached hydrogens (tertiary/aromatic N) is 5. The third kappa shape index (κ3) is 4.85. The maximum absolute atomic E-state index is 12.8. The Morgan fingerprint density at radius 2 is 2.00 bits per heavy atom. The smallest absolute Gasteiger partial charge is 0.319 e. The third-order valence-corrected chi connectivity index (χ3v) is 6.62. The fourth-order valence-corrected chi connectivity index (χ4v) is 4.52. The zero-order valence-corrected chi connectivity index (χ0v) is 19.7. The Kier molecular flexibility index (Phi) is 6.11. The Morgan fingerprint density at radius 1 is 1.27 bits per heavy atom. The van der Waals surface area contributed by atoms with Gasteiger partial charge in [0.2, 0.25) is 0 Å². The van der Waals surface area contributed by atoms with Crippen LogP contribution < -0.4 is 10.6 Å². The lowest BCUT2D eigenvalue weighted by Crippen LogP contribution is -2.49. The lowest BCUT2D eigenvalue weighted by molar-refractivity contribution is -0.110. The van der Waals surface area contributed by atoms with E-state index in [2.05, 4.69) is 41.6 Å². The number of aromatic nitrogens is 1. The molecule has 1 aromatic heterocycles. The van der Waals surface area contributed by atoms with Gasteiger partial charge in [-0.15, -0.1) is 0 Å². The average Bonchev–Trinajstić information content (AvgIpc) is 3.27. The lowest BCUT2D eigenvalue weighted by atomic mass is 9.77. The van der Waals surface area contributed by atoms with Gasteiger partial charge in [0.05, 0.1) is 24.0 Å². The van der Waals surface area contributed by atoms with E-state index in [-0.39, 0.29) is 35.7 Å². The SMILES string of the molecule is CN1CC(c2ccc(NC(=O)C3=NCC(C#N)N3)c(C3=CCC(C)(C)CC3)n2)CN(C)C1=O. The molecule has 0 bridgehead atoms. The van der Waals surface area contributed by atoms with Crippen molar-refractivity contribution in [2.45, 2.75) is 45.1 Å². The fraction of sp³-hybridized carbons (Fsp3) is 0.542. The number of aliphatic imine (C=N–C) groups is 1. The predicted octanol–water partition coefficient (Wildman–Crippen LogP) is 2.59. The number of amides is 3. The van der Waals surface area contributed by atoms with Crippen molar-refractivity contribution in [2.24, 2.45) is 10.4 Å². The van der Waals surface area contributed by atoms with Gasteiger partial charge in [-0.25, -0.2) is 4.79 Å². The summed E-state index contributed by atoms with van der Waals surface area (Å²) in [6.45, 7) is 5.98. The van der Waals surface area contributed by atoms with Crippen molar-refractivity contribution in [3.63, 3.8) is 0 Å². The van der Waals surface area contributed by atoms with Gasteiger partial charge >= 0.3 is 6.03 Å². The van der Waals surface area contributed by atoms with Gasteiger partial charge in [-0.1, -0.05) is 19.9 Å². The summed E-state index contributed by atoms with van der Waals surface area (Å²) in [7, 11) is 3.60. The summed E-state index contributed by atoms with van der Waals surface area (Å²) in [4.78, 5) is 37.6. The topological polar surface area (TPSA) is 114 Å². The number of carbonyl (C=O) groups excluding carboxylic acids is 2. The molecular weight excluding hydrogens is 418 g/mol. The number of nitriles is 1. The van der Waals surface area contributed by atoms with E-state index in [0.717, 1.165) is 36.2 Å². The summed E-state index contributed by atoms with van der Waals surface area (Å²) in [6.07, 6.45) is 5.10. The molecule has 33 heavy (non-hydrogen) atoms. The Balaban J connectivity index is 1.64. The van der Waals surface area contributed by atoms with E-state index in [1.54, 1.807) is 23.9 Å². The summed E-state index contributed by atoms with van der Waals surface area (Å²) >= 11 is 0. The lowest BCUT2D eigenvalue weighted by Gasteiger charge is -2.36. The van der Waals surface area contributed by atoms with Gasteiger partial charge in [-0.3, -0.25) is 14.8 Å². The van der Waals surface area contributed by atoms with Crippen LogP contribution in [0.5, 0.6) is 0 Å². The molecule has 3 heterocycles. The van der Waals surface area contributed by atoms with Crippen molar-refractivity contribution in [3.05, 3.63) is 29.6 Å². The molecule has 9 nitrogen and oxygen atoms in total. The van der Waals surface area contributed by atoms with Crippen molar-refractivity contribution in [3.8, 4) is 6.07 Å². The van der Waals surface area contributed by atoms with Crippen LogP contribution in [-0.2, 0) is 4.79 Å². The second-order valence-electron chi connectivity index (χ2n) is 9.94. The molecule has 1 aliphatic carbocycles. The van der Waals surface area contributed by atoms with E-state index >= 15 is 0 Å². The summed E-state index contributed by atoms with van der Waals surface area (Å²) in [5, 5.41) is 14.9. The van der Waals surface area contributed by atoms with E-state index in [1.165, 1.54) is 0 Å². The predicted molar refractivity (Wildman–Crippen MR) is 127 cm³/mol. The maximum Gasteiger partial charge on any atom is 0.319 e. The van der Waals surface area contributed by atoms with Gasteiger partial charge < -0.3 is 20.4 Å². The zero-order chi connectivity index (χ0) is 23.8. The monoisotopic (exact) mass is 449 g/mol. The van der Waals surface area contributed by atoms with Crippen LogP contribution in [0.3, 0.4) is 0 Å². The minimum atomic E-state index is -0.475. The molecule has 0 aromatic carbocycles. The number of rotatable bonds is 4. The van der Waals surface area contributed by atoms with Crippen molar-refractivity contribution in [2.75, 3.05) is 39.0 Å². The molecule has 1 saturated heterocycles. The van der Waals surface area contributed by atoms with Gasteiger partial charge in [-0.05, 0) is 42.4 Å². The first-order chi connectivity index (χ1) is 15.7. The van der Waals surface area contributed by atoms with Gasteiger partial charge in [0, 0.05) is 38.8 Å². The van der Waals surface area contributed by atoms with Crippen LogP contribution in [0.4, 0.5) is 10.5 Å². The normalized spacial score (nSPS) is 22.9. The molecule has 0 radical (unpaired) electrons. The molecule has 2 aliphatic heterocycles. The van der Waals surface area contributed by atoms with Gasteiger partial charge in [-0.2, -0.15) is 5.26 Å². The number of hydrogen-bond donors (Lipinski definition) is 2. The summed E-state index contributed by atoms with van der Waals surface area (Å²) < 4.78 is 0. The first kappa shape index (κ1) is 22.8. The van der Waals surface area contributed by atoms with Crippen molar-refractivity contribution in [1.29, 1.82) is 5.26 Å². The van der Waals surface area contributed by atoms with Crippen LogP contribution in [0.2, 0.25) is 0 Å². The number of urea groups is 1. The molecule has 3 amide bonds. The Labute approximate surface area is 194 Å². The first-order valence-corrected chi connectivity index (χ1v) is 11.4. The average molecular weight is 450 g/mol. The number of likely N-dealkylation sites (N-methyl/N-ethyl adjacent to an activating group) is 2. The second kappa shape index (κ2) is 8.85. The van der Waals surface area contributed by atoms with Crippen LogP contribution in [-0.4, -0.2) is 72.3 Å². The highest BCUT2D eigenvalue weighted by molar-refractivity contribution is 6.42. The van der Waals surface area contributed by atoms with Gasteiger partial charge in [0.1, 0.15) is 6.04 Å². The molecule has 174 valence electrons. The molecular formula is C24H31N7O2. The van der Waals surface area contributed by atoms with Crippen molar-refractivity contribution in [1.82, 2.24) is 20.1 Å². The van der Waals surface area contributed by atoms with Crippen LogP contribution >= 0.6 is 0 Å². The van der Waals surface area contributed by atoms with Crippen LogP contribution in [0.25, 0.3) is 5.57 Å². The van der Waals surface area contributed by atoms with Crippen molar-refractivity contribution < 1.29 is 9.59 Å². The summed E-state index contributed by atoms with van der Waals surface area (Å²) in [5.74, 6) is -0.119. The standard InChI is InChI=1S/C24H31N7O2/c1-24(2)9-7-15(8-10-24)20-19(29-22(32)21-26-12-17(11-25)27-21)6-5-18(28-20)16-13-30(3)23(33)31(4)14-16/h5-7,16-17H,8-10,12-14H2,1-4H3,(H,26,27)(H,29,32). The quantitative estimate of drug-likeness (QED) is 0.733. The number of nitrogens with one attached hydrogen (secondary N) is 2. The van der Waals surface area contributed by atoms with Crippen molar-refractivity contribution >= 4 is 29.0 Å². The number of hydrogen-bond acceptors (Lipinski definition) is 6. The Bertz CT molecular complexity index is 1060. The molecule has 9 heteroatoms. The summed E-state index contributed by atoms with van der Waals surface area (Å²) in [6, 6.07) is 5.43. The van der Waals surface area contributed by atoms with Gasteiger partial charge in [0.15, 0.2) is 5.84 Å². The minimum absolute atomic E-state index is 0.00749. The molecule has 1 atom stereocenters. The number of pyridine rings is 1. The van der Waals surface area contributed by atoms with E-state index < -0.39 is 6.04 Å². The van der Waals surface area contributed by atoms with E-state index in [4.69, 9.17) is 10.2 Å². The molecule has 1 unspecified atom stereocenters. The maximum atomic E-state index is 12.8. The third-order valence-electron chi connectivity index (χ3n) is 6.62. The number of anilines is 1. The number of amidine groups is 1. The molecule has 3 aliphatic rings. The molecule has 1 fully saturated rings. The molecule has 2 N–H and O–H groups in total. The van der Waals surface area contributed by atoms with E-state index in [1.807, 2.05) is 12.1 Å². The highest BCUT2D eigenvalue weighted by Crippen LogP contribution is 2.39. The minimum Gasteiger partial charge on any atom is -0.349 e.